The van der Waals surface area contributed by atoms with Crippen LogP contribution in [0.3, 0.4) is 0 Å². The fourth-order valence-electron chi connectivity index (χ4n) is 4.74. The van der Waals surface area contributed by atoms with E-state index < -0.39 is 0 Å². The van der Waals surface area contributed by atoms with Gasteiger partial charge in [0.15, 0.2) is 0 Å². The van der Waals surface area contributed by atoms with E-state index in [9.17, 15) is 10.1 Å². The van der Waals surface area contributed by atoms with Gasteiger partial charge < -0.3 is 14.5 Å². The summed E-state index contributed by atoms with van der Waals surface area (Å²) in [6.07, 6.45) is 5.05. The zero-order valence-electron chi connectivity index (χ0n) is 21.8. The number of aromatic amines is 1. The molecule has 36 heavy (non-hydrogen) atoms. The lowest BCUT2D eigenvalue weighted by molar-refractivity contribution is 0.0669. The lowest BCUT2D eigenvalue weighted by atomic mass is 9.87. The number of H-pyrrole nitrogens is 1. The quantitative estimate of drug-likeness (QED) is 0.484. The zero-order chi connectivity index (χ0) is 25.8. The van der Waals surface area contributed by atoms with Crippen LogP contribution in [0.1, 0.15) is 65.2 Å². The first kappa shape index (κ1) is 25.4. The molecule has 0 saturated carbocycles. The van der Waals surface area contributed by atoms with Gasteiger partial charge in [-0.2, -0.15) is 10.4 Å². The van der Waals surface area contributed by atoms with Crippen LogP contribution in [-0.2, 0) is 12.8 Å². The number of likely N-dealkylation sites (N-methyl/N-ethyl adjacent to an activating group) is 1. The Labute approximate surface area is 212 Å². The van der Waals surface area contributed by atoms with E-state index in [0.717, 1.165) is 59.4 Å². The molecule has 188 valence electrons. The van der Waals surface area contributed by atoms with Crippen molar-refractivity contribution in [1.82, 2.24) is 25.0 Å². The van der Waals surface area contributed by atoms with Crippen molar-refractivity contribution < 1.29 is 9.53 Å². The molecule has 1 atom stereocenters. The fourth-order valence-corrected chi connectivity index (χ4v) is 4.74. The molecule has 0 saturated heterocycles. The van der Waals surface area contributed by atoms with Crippen molar-refractivity contribution >= 4 is 5.91 Å². The molecule has 8 nitrogen and oxygen atoms in total. The monoisotopic (exact) mass is 486 g/mol. The van der Waals surface area contributed by atoms with Crippen LogP contribution in [0, 0.1) is 18.3 Å². The average Bonchev–Trinajstić information content (AvgIpc) is 3.32. The highest BCUT2D eigenvalue weighted by atomic mass is 16.5. The second-order valence-corrected chi connectivity index (χ2v) is 9.27. The van der Waals surface area contributed by atoms with Crippen LogP contribution < -0.4 is 4.74 Å². The minimum Gasteiger partial charge on any atom is -0.492 e. The van der Waals surface area contributed by atoms with E-state index in [1.165, 1.54) is 6.20 Å². The van der Waals surface area contributed by atoms with Crippen molar-refractivity contribution in [2.45, 2.75) is 46.6 Å². The van der Waals surface area contributed by atoms with Gasteiger partial charge in [0.1, 0.15) is 17.4 Å². The SMILES string of the molecule is CCOc1cc(C(C)N2CCc3c(cc(CCN(C)CC)cc3-c3c[nH]nc3C)C2=O)ncc1C#N. The van der Waals surface area contributed by atoms with Crippen molar-refractivity contribution in [3.63, 3.8) is 0 Å². The van der Waals surface area contributed by atoms with Crippen LogP contribution in [0.4, 0.5) is 0 Å². The van der Waals surface area contributed by atoms with Crippen LogP contribution in [0.15, 0.2) is 30.6 Å². The maximum absolute atomic E-state index is 13.9. The fraction of sp³-hybridized carbons (Fsp3) is 0.429. The van der Waals surface area contributed by atoms with Crippen molar-refractivity contribution in [3.8, 4) is 22.9 Å². The maximum atomic E-state index is 13.9. The molecule has 1 unspecified atom stereocenters. The number of nitriles is 1. The largest absolute Gasteiger partial charge is 0.492 e. The summed E-state index contributed by atoms with van der Waals surface area (Å²) in [6, 6.07) is 7.94. The molecule has 3 heterocycles. The number of hydrogen-bond acceptors (Lipinski definition) is 6. The minimum absolute atomic E-state index is 0.000892. The molecule has 3 aromatic rings. The molecule has 1 aromatic carbocycles. The molecule has 0 aliphatic carbocycles. The topological polar surface area (TPSA) is 98.1 Å². The number of carbonyl (C=O) groups excluding carboxylic acids is 1. The Balaban J connectivity index is 1.71. The summed E-state index contributed by atoms with van der Waals surface area (Å²) in [5.74, 6) is 0.503. The van der Waals surface area contributed by atoms with Gasteiger partial charge in [0, 0.05) is 42.7 Å². The summed E-state index contributed by atoms with van der Waals surface area (Å²) in [5.41, 5.74) is 7.12. The van der Waals surface area contributed by atoms with Crippen LogP contribution >= 0.6 is 0 Å². The predicted molar refractivity (Wildman–Crippen MR) is 139 cm³/mol. The molecule has 0 radical (unpaired) electrons. The Morgan fingerprint density at radius 2 is 2.03 bits per heavy atom. The smallest absolute Gasteiger partial charge is 0.254 e. The number of aromatic nitrogens is 3. The number of nitrogens with one attached hydrogen (secondary N) is 1. The summed E-state index contributed by atoms with van der Waals surface area (Å²) in [6.45, 7) is 10.9. The minimum atomic E-state index is -0.258. The second-order valence-electron chi connectivity index (χ2n) is 9.27. The van der Waals surface area contributed by atoms with Gasteiger partial charge in [-0.05, 0) is 70.0 Å². The Kier molecular flexibility index (Phi) is 7.70. The third kappa shape index (κ3) is 4.98. The number of pyridine rings is 1. The first-order valence-electron chi connectivity index (χ1n) is 12.6. The summed E-state index contributed by atoms with van der Waals surface area (Å²) in [5, 5.41) is 16.7. The standard InChI is InChI=1S/C28H34N6O2/c1-6-33(5)10-8-20-12-23(25-17-31-32-18(25)3)22-9-11-34(28(35)24(22)13-20)19(4)26-14-27(36-7-2)21(15-29)16-30-26/h12-14,16-17,19H,6-11H2,1-5H3,(H,31,32). The molecule has 0 fully saturated rings. The molecule has 2 aromatic heterocycles. The number of benzene rings is 1. The van der Waals surface area contributed by atoms with Gasteiger partial charge >= 0.3 is 0 Å². The lowest BCUT2D eigenvalue weighted by Crippen LogP contribution is -2.40. The van der Waals surface area contributed by atoms with E-state index in [1.807, 2.05) is 31.9 Å². The Morgan fingerprint density at radius 1 is 1.25 bits per heavy atom. The molecule has 1 amide bonds. The van der Waals surface area contributed by atoms with E-state index in [2.05, 4.69) is 52.3 Å². The predicted octanol–water partition coefficient (Wildman–Crippen LogP) is 4.30. The van der Waals surface area contributed by atoms with E-state index in [0.29, 0.717) is 30.2 Å². The number of aryl methyl sites for hydroxylation is 1. The Bertz CT molecular complexity index is 1290. The zero-order valence-corrected chi connectivity index (χ0v) is 21.8. The first-order valence-corrected chi connectivity index (χ1v) is 12.6. The Morgan fingerprint density at radius 3 is 2.69 bits per heavy atom. The molecular formula is C28H34N6O2. The number of rotatable bonds is 9. The molecular weight excluding hydrogens is 452 g/mol. The number of nitrogens with zero attached hydrogens (tertiary/aromatic N) is 5. The molecule has 1 N–H and O–H groups in total. The number of ether oxygens (including phenoxy) is 1. The number of amides is 1. The van der Waals surface area contributed by atoms with Crippen LogP contribution in [0.25, 0.3) is 11.1 Å². The van der Waals surface area contributed by atoms with Gasteiger partial charge in [0.05, 0.1) is 24.0 Å². The van der Waals surface area contributed by atoms with Gasteiger partial charge in [0.2, 0.25) is 0 Å². The van der Waals surface area contributed by atoms with Gasteiger partial charge in [0.25, 0.3) is 5.91 Å². The van der Waals surface area contributed by atoms with Crippen LogP contribution in [0.5, 0.6) is 5.75 Å². The lowest BCUT2D eigenvalue weighted by Gasteiger charge is -2.34. The molecule has 0 bridgehead atoms. The highest BCUT2D eigenvalue weighted by molar-refractivity contribution is 5.99. The van der Waals surface area contributed by atoms with Gasteiger partial charge in [-0.25, -0.2) is 0 Å². The third-order valence-electron chi connectivity index (χ3n) is 7.05. The van der Waals surface area contributed by atoms with Crippen LogP contribution in [-0.4, -0.2) is 64.2 Å². The molecule has 8 heteroatoms. The van der Waals surface area contributed by atoms with E-state index in [4.69, 9.17) is 4.74 Å². The maximum Gasteiger partial charge on any atom is 0.254 e. The average molecular weight is 487 g/mol. The third-order valence-corrected chi connectivity index (χ3v) is 7.05. The summed E-state index contributed by atoms with van der Waals surface area (Å²) >= 11 is 0. The molecule has 0 spiro atoms. The van der Waals surface area contributed by atoms with Gasteiger partial charge in [-0.3, -0.25) is 14.9 Å². The summed E-state index contributed by atoms with van der Waals surface area (Å²) < 4.78 is 5.65. The second kappa shape index (κ2) is 10.9. The van der Waals surface area contributed by atoms with E-state index >= 15 is 0 Å². The van der Waals surface area contributed by atoms with Crippen molar-refractivity contribution in [2.75, 3.05) is 33.3 Å². The molecule has 4 rings (SSSR count). The Hall–Kier alpha value is -3.70. The highest BCUT2D eigenvalue weighted by Gasteiger charge is 2.32. The first-order chi connectivity index (χ1) is 17.4. The van der Waals surface area contributed by atoms with Gasteiger partial charge in [-0.15, -0.1) is 0 Å². The molecule has 1 aliphatic rings. The van der Waals surface area contributed by atoms with E-state index in [1.54, 1.807) is 6.07 Å². The summed E-state index contributed by atoms with van der Waals surface area (Å²) in [4.78, 5) is 22.5. The number of fused-ring (bicyclic) bond motifs is 1. The van der Waals surface area contributed by atoms with Gasteiger partial charge in [-0.1, -0.05) is 13.0 Å². The van der Waals surface area contributed by atoms with Crippen molar-refractivity contribution in [1.29, 1.82) is 5.26 Å². The van der Waals surface area contributed by atoms with E-state index in [-0.39, 0.29) is 11.9 Å². The highest BCUT2D eigenvalue weighted by Crippen LogP contribution is 2.36. The van der Waals surface area contributed by atoms with Crippen molar-refractivity contribution in [2.24, 2.45) is 0 Å². The molecule has 1 aliphatic heterocycles. The summed E-state index contributed by atoms with van der Waals surface area (Å²) in [7, 11) is 2.11. The van der Waals surface area contributed by atoms with Crippen LogP contribution in [0.2, 0.25) is 0 Å². The normalized spacial score (nSPS) is 14.0. The van der Waals surface area contributed by atoms with Crippen molar-refractivity contribution in [3.05, 3.63) is 64.2 Å². The number of hydrogen-bond donors (Lipinski definition) is 1. The number of carbonyl (C=O) groups is 1.